The second-order valence-corrected chi connectivity index (χ2v) is 5.82. The molecule has 0 atom stereocenters. The van der Waals surface area contributed by atoms with E-state index in [2.05, 4.69) is 4.74 Å². The fourth-order valence-electron chi connectivity index (χ4n) is 2.62. The molecule has 146 valence electrons. The van der Waals surface area contributed by atoms with Crippen molar-refractivity contribution in [3.8, 4) is 5.75 Å². The van der Waals surface area contributed by atoms with Crippen LogP contribution < -0.4 is 9.80 Å². The molecule has 0 aliphatic rings. The number of benzene rings is 2. The summed E-state index contributed by atoms with van der Waals surface area (Å²) in [6.45, 7) is 3.28. The third kappa shape index (κ3) is 4.71. The Morgan fingerprint density at radius 2 is 1.93 bits per heavy atom. The smallest absolute Gasteiger partial charge is 0.438 e. The highest BCUT2D eigenvalue weighted by Gasteiger charge is 2.36. The van der Waals surface area contributed by atoms with Crippen molar-refractivity contribution >= 4 is 11.8 Å². The molecule has 1 N–H and O–H groups in total. The molecule has 0 aliphatic carbocycles. The fraction of sp³-hybridized carbons (Fsp3) is 0.316. The summed E-state index contributed by atoms with van der Waals surface area (Å²) in [4.78, 5) is 11.6. The molecule has 2 aromatic rings. The van der Waals surface area contributed by atoms with Gasteiger partial charge in [-0.15, -0.1) is 0 Å². The molecule has 0 fully saturated rings. The summed E-state index contributed by atoms with van der Waals surface area (Å²) < 4.78 is 50.2. The average Bonchev–Trinajstić information content (AvgIpc) is 2.64. The zero-order valence-corrected chi connectivity index (χ0v) is 15.1. The number of ether oxygens (including phenoxy) is 2. The number of rotatable bonds is 5. The van der Waals surface area contributed by atoms with Crippen LogP contribution in [0, 0.1) is 6.92 Å². The molecule has 27 heavy (non-hydrogen) atoms. The molecule has 0 radical (unpaired) electrons. The predicted octanol–water partition coefficient (Wildman–Crippen LogP) is 5.12. The highest BCUT2D eigenvalue weighted by molar-refractivity contribution is 5.86. The number of hydroxylamine groups is 1. The van der Waals surface area contributed by atoms with Crippen LogP contribution in [0.4, 0.5) is 23.7 Å². The number of methoxy groups -OCH3 is 1. The number of amides is 1. The van der Waals surface area contributed by atoms with Gasteiger partial charge in [0.1, 0.15) is 12.4 Å². The summed E-state index contributed by atoms with van der Waals surface area (Å²) in [6, 6.07) is 8.53. The van der Waals surface area contributed by atoms with E-state index in [0.29, 0.717) is 5.75 Å². The van der Waals surface area contributed by atoms with E-state index < -0.39 is 24.4 Å². The van der Waals surface area contributed by atoms with Crippen LogP contribution in [0.2, 0.25) is 0 Å². The molecule has 1 amide bonds. The standard InChI is InChI=1S/C19H20F3NO4/c1-4-13-8-9-17(12(2)10-13)27-11-14-15(19(20,21)22)6-5-7-16(14)23(25)18(24)26-3/h5-10,25H,4,11H2,1-3H3. The normalized spacial score (nSPS) is 11.2. The van der Waals surface area contributed by atoms with E-state index in [1.807, 2.05) is 19.1 Å². The first-order valence-electron chi connectivity index (χ1n) is 8.17. The van der Waals surface area contributed by atoms with Crippen LogP contribution >= 0.6 is 0 Å². The Labute approximate surface area is 154 Å². The second kappa shape index (κ2) is 8.30. The van der Waals surface area contributed by atoms with E-state index in [0.717, 1.165) is 36.8 Å². The van der Waals surface area contributed by atoms with E-state index in [1.165, 1.54) is 6.07 Å². The molecule has 0 bridgehead atoms. The van der Waals surface area contributed by atoms with Crippen LogP contribution in [0.5, 0.6) is 5.75 Å². The van der Waals surface area contributed by atoms with Gasteiger partial charge in [-0.3, -0.25) is 5.21 Å². The lowest BCUT2D eigenvalue weighted by Crippen LogP contribution is -2.29. The Bertz CT molecular complexity index is 821. The van der Waals surface area contributed by atoms with Crippen molar-refractivity contribution in [2.75, 3.05) is 12.2 Å². The maximum atomic E-state index is 13.4. The van der Waals surface area contributed by atoms with Crippen molar-refractivity contribution < 1.29 is 32.6 Å². The van der Waals surface area contributed by atoms with Crippen molar-refractivity contribution in [3.05, 3.63) is 58.7 Å². The van der Waals surface area contributed by atoms with Crippen LogP contribution in [0.15, 0.2) is 36.4 Å². The average molecular weight is 383 g/mol. The zero-order chi connectivity index (χ0) is 20.2. The molecule has 0 heterocycles. The van der Waals surface area contributed by atoms with Gasteiger partial charge in [0.2, 0.25) is 0 Å². The molecule has 0 saturated carbocycles. The number of hydrogen-bond acceptors (Lipinski definition) is 4. The van der Waals surface area contributed by atoms with Crippen molar-refractivity contribution in [2.24, 2.45) is 0 Å². The van der Waals surface area contributed by atoms with E-state index in [9.17, 15) is 23.2 Å². The zero-order valence-electron chi connectivity index (χ0n) is 15.1. The van der Waals surface area contributed by atoms with Gasteiger partial charge >= 0.3 is 12.3 Å². The molecule has 0 unspecified atom stereocenters. The first-order valence-corrected chi connectivity index (χ1v) is 8.17. The lowest BCUT2D eigenvalue weighted by atomic mass is 10.0. The largest absolute Gasteiger partial charge is 0.489 e. The van der Waals surface area contributed by atoms with Crippen LogP contribution in [0.3, 0.4) is 0 Å². The monoisotopic (exact) mass is 383 g/mol. The van der Waals surface area contributed by atoms with Crippen LogP contribution in [-0.4, -0.2) is 18.4 Å². The highest BCUT2D eigenvalue weighted by atomic mass is 19.4. The van der Waals surface area contributed by atoms with Crippen LogP contribution in [0.25, 0.3) is 0 Å². The van der Waals surface area contributed by atoms with Gasteiger partial charge in [-0.1, -0.05) is 25.1 Å². The Morgan fingerprint density at radius 3 is 2.48 bits per heavy atom. The van der Waals surface area contributed by atoms with Crippen molar-refractivity contribution in [2.45, 2.75) is 33.1 Å². The summed E-state index contributed by atoms with van der Waals surface area (Å²) in [5, 5.41) is 9.94. The summed E-state index contributed by atoms with van der Waals surface area (Å²) >= 11 is 0. The minimum Gasteiger partial charge on any atom is -0.489 e. The second-order valence-electron chi connectivity index (χ2n) is 5.82. The number of nitrogens with zero attached hydrogens (tertiary/aromatic N) is 1. The Balaban J connectivity index is 2.42. The van der Waals surface area contributed by atoms with Gasteiger partial charge in [0.05, 0.1) is 18.4 Å². The number of carbonyl (C=O) groups excluding carboxylic acids is 1. The van der Waals surface area contributed by atoms with Gasteiger partial charge in [-0.2, -0.15) is 18.2 Å². The van der Waals surface area contributed by atoms with Crippen molar-refractivity contribution in [1.82, 2.24) is 0 Å². The van der Waals surface area contributed by atoms with Crippen LogP contribution in [0.1, 0.15) is 29.2 Å². The van der Waals surface area contributed by atoms with E-state index in [-0.39, 0.29) is 16.3 Å². The van der Waals surface area contributed by atoms with Gasteiger partial charge in [-0.05, 0) is 42.7 Å². The minimum absolute atomic E-state index is 0.0287. The number of halogens is 3. The SMILES string of the molecule is CCc1ccc(OCc2c(N(O)C(=O)OC)cccc2C(F)(F)F)c(C)c1. The number of hydrogen-bond donors (Lipinski definition) is 1. The minimum atomic E-state index is -4.69. The fourth-order valence-corrected chi connectivity index (χ4v) is 2.62. The molecule has 0 saturated heterocycles. The third-order valence-electron chi connectivity index (χ3n) is 4.05. The lowest BCUT2D eigenvalue weighted by molar-refractivity contribution is -0.138. The molecule has 2 aromatic carbocycles. The van der Waals surface area contributed by atoms with Gasteiger partial charge in [0, 0.05) is 5.56 Å². The molecular weight excluding hydrogens is 363 g/mol. The maximum Gasteiger partial charge on any atom is 0.438 e. The van der Waals surface area contributed by atoms with Gasteiger partial charge in [0.25, 0.3) is 0 Å². The van der Waals surface area contributed by atoms with E-state index in [1.54, 1.807) is 13.0 Å². The summed E-state index contributed by atoms with van der Waals surface area (Å²) in [6.07, 6.45) is -5.08. The van der Waals surface area contributed by atoms with Gasteiger partial charge in [0.15, 0.2) is 0 Å². The van der Waals surface area contributed by atoms with Crippen LogP contribution in [-0.2, 0) is 23.9 Å². The Hall–Kier alpha value is -2.74. The summed E-state index contributed by atoms with van der Waals surface area (Å²) in [7, 11) is 1.01. The molecule has 8 heteroatoms. The third-order valence-corrected chi connectivity index (χ3v) is 4.05. The summed E-state index contributed by atoms with van der Waals surface area (Å²) in [5.41, 5.74) is 0.0971. The number of anilines is 1. The van der Waals surface area contributed by atoms with Crippen molar-refractivity contribution in [3.63, 3.8) is 0 Å². The first kappa shape index (κ1) is 20.6. The highest BCUT2D eigenvalue weighted by Crippen LogP contribution is 2.37. The molecule has 2 rings (SSSR count). The molecule has 0 aromatic heterocycles. The number of carbonyl (C=O) groups is 1. The lowest BCUT2D eigenvalue weighted by Gasteiger charge is -2.21. The number of alkyl halides is 3. The maximum absolute atomic E-state index is 13.4. The summed E-state index contributed by atoms with van der Waals surface area (Å²) in [5.74, 6) is 0.415. The Kier molecular flexibility index (Phi) is 6.32. The van der Waals surface area contributed by atoms with Gasteiger partial charge < -0.3 is 9.47 Å². The van der Waals surface area contributed by atoms with Gasteiger partial charge in [-0.25, -0.2) is 4.79 Å². The topological polar surface area (TPSA) is 59.0 Å². The van der Waals surface area contributed by atoms with E-state index in [4.69, 9.17) is 4.74 Å². The predicted molar refractivity (Wildman–Crippen MR) is 93.0 cm³/mol. The quantitative estimate of drug-likeness (QED) is 0.575. The molecule has 0 spiro atoms. The molecule has 0 aliphatic heterocycles. The Morgan fingerprint density at radius 1 is 1.22 bits per heavy atom. The van der Waals surface area contributed by atoms with Crippen molar-refractivity contribution in [1.29, 1.82) is 0 Å². The number of aryl methyl sites for hydroxylation is 2. The van der Waals surface area contributed by atoms with E-state index >= 15 is 0 Å². The first-order chi connectivity index (χ1) is 12.7. The molecule has 5 nitrogen and oxygen atoms in total. The molecular formula is C19H20F3NO4.